The van der Waals surface area contributed by atoms with Crippen molar-refractivity contribution < 1.29 is 14.5 Å². The van der Waals surface area contributed by atoms with Crippen molar-refractivity contribution >= 4 is 17.5 Å². The minimum atomic E-state index is -0.470. The fourth-order valence-electron chi connectivity index (χ4n) is 2.12. The Morgan fingerprint density at radius 1 is 1.45 bits per heavy atom. The number of amides is 2. The van der Waals surface area contributed by atoms with Crippen LogP contribution in [0.15, 0.2) is 24.3 Å². The Morgan fingerprint density at radius 3 is 2.85 bits per heavy atom. The lowest BCUT2D eigenvalue weighted by Gasteiger charge is -2.21. The van der Waals surface area contributed by atoms with E-state index in [1.165, 1.54) is 6.07 Å². The molecule has 1 atom stereocenters. The fourth-order valence-corrected chi connectivity index (χ4v) is 2.12. The van der Waals surface area contributed by atoms with Gasteiger partial charge in [-0.1, -0.05) is 18.2 Å². The summed E-state index contributed by atoms with van der Waals surface area (Å²) in [6.07, 6.45) is 0.845. The van der Waals surface area contributed by atoms with Gasteiger partial charge in [0, 0.05) is 31.1 Å². The predicted octanol–water partition coefficient (Wildman–Crippen LogP) is 0.737. The molecule has 7 heteroatoms. The Morgan fingerprint density at radius 2 is 2.20 bits per heavy atom. The van der Waals surface area contributed by atoms with Crippen molar-refractivity contribution in [3.8, 4) is 0 Å². The minimum absolute atomic E-state index is 0.00949. The number of nitrogens with zero attached hydrogens (tertiary/aromatic N) is 1. The van der Waals surface area contributed by atoms with Crippen LogP contribution >= 0.6 is 0 Å². The zero-order valence-corrected chi connectivity index (χ0v) is 10.8. The van der Waals surface area contributed by atoms with Gasteiger partial charge in [-0.05, 0) is 6.42 Å². The van der Waals surface area contributed by atoms with E-state index in [4.69, 9.17) is 0 Å². The van der Waals surface area contributed by atoms with E-state index >= 15 is 0 Å². The molecule has 0 bridgehead atoms. The first-order valence-electron chi connectivity index (χ1n) is 6.34. The molecule has 1 fully saturated rings. The summed E-state index contributed by atoms with van der Waals surface area (Å²) in [5.74, 6) is -0.508. The molecule has 20 heavy (non-hydrogen) atoms. The molecule has 2 amide bonds. The Bertz CT molecular complexity index is 534. The predicted molar refractivity (Wildman–Crippen MR) is 70.7 cm³/mol. The third-order valence-electron chi connectivity index (χ3n) is 3.28. The average molecular weight is 277 g/mol. The summed E-state index contributed by atoms with van der Waals surface area (Å²) in [6, 6.07) is 6.29. The summed E-state index contributed by atoms with van der Waals surface area (Å²) in [5, 5.41) is 16.2. The largest absolute Gasteiger partial charge is 0.355 e. The lowest BCUT2D eigenvalue weighted by molar-refractivity contribution is -0.385. The number of nitro benzene ring substituents is 1. The van der Waals surface area contributed by atoms with Gasteiger partial charge in [-0.3, -0.25) is 19.7 Å². The van der Waals surface area contributed by atoms with Gasteiger partial charge in [0.15, 0.2) is 0 Å². The zero-order valence-electron chi connectivity index (χ0n) is 10.8. The summed E-state index contributed by atoms with van der Waals surface area (Å²) in [6.45, 7) is 0.433. The van der Waals surface area contributed by atoms with Gasteiger partial charge < -0.3 is 10.6 Å². The second kappa shape index (κ2) is 6.14. The molecule has 1 unspecified atom stereocenters. The monoisotopic (exact) mass is 277 g/mol. The van der Waals surface area contributed by atoms with Crippen LogP contribution in [0.5, 0.6) is 0 Å². The van der Waals surface area contributed by atoms with Gasteiger partial charge in [0.25, 0.3) is 5.69 Å². The maximum atomic E-state index is 11.9. The number of hydrogen-bond donors (Lipinski definition) is 2. The smallest absolute Gasteiger partial charge is 0.274 e. The lowest BCUT2D eigenvalue weighted by atomic mass is 9.98. The molecule has 2 rings (SSSR count). The van der Waals surface area contributed by atoms with E-state index in [0.29, 0.717) is 24.9 Å². The van der Waals surface area contributed by atoms with E-state index in [-0.39, 0.29) is 30.0 Å². The molecule has 0 saturated carbocycles. The minimum Gasteiger partial charge on any atom is -0.355 e. The molecule has 1 aromatic rings. The molecule has 2 N–H and O–H groups in total. The Hall–Kier alpha value is -2.44. The summed E-state index contributed by atoms with van der Waals surface area (Å²) in [7, 11) is 0. The van der Waals surface area contributed by atoms with Crippen LogP contribution < -0.4 is 10.6 Å². The van der Waals surface area contributed by atoms with E-state index in [1.807, 2.05) is 0 Å². The number of rotatable bonds is 4. The van der Waals surface area contributed by atoms with Crippen molar-refractivity contribution in [2.75, 3.05) is 6.54 Å². The highest BCUT2D eigenvalue weighted by atomic mass is 16.6. The summed E-state index contributed by atoms with van der Waals surface area (Å²) in [4.78, 5) is 33.3. The first-order chi connectivity index (χ1) is 9.58. The molecule has 1 saturated heterocycles. The number of piperidine rings is 1. The van der Waals surface area contributed by atoms with Crippen LogP contribution in [0.4, 0.5) is 5.69 Å². The third kappa shape index (κ3) is 3.31. The topological polar surface area (TPSA) is 101 Å². The first kappa shape index (κ1) is 14.0. The maximum Gasteiger partial charge on any atom is 0.274 e. The molecule has 0 spiro atoms. The Labute approximate surface area is 115 Å². The number of nitro groups is 1. The van der Waals surface area contributed by atoms with Gasteiger partial charge in [0.2, 0.25) is 11.8 Å². The van der Waals surface area contributed by atoms with E-state index in [0.717, 1.165) is 0 Å². The van der Waals surface area contributed by atoms with Crippen molar-refractivity contribution in [2.45, 2.75) is 19.4 Å². The van der Waals surface area contributed by atoms with Crippen molar-refractivity contribution in [2.24, 2.45) is 5.92 Å². The molecule has 0 aliphatic carbocycles. The van der Waals surface area contributed by atoms with Gasteiger partial charge in [0.1, 0.15) is 0 Å². The van der Waals surface area contributed by atoms with Crippen molar-refractivity contribution in [3.63, 3.8) is 0 Å². The molecule has 0 radical (unpaired) electrons. The van der Waals surface area contributed by atoms with Crippen LogP contribution in [0.1, 0.15) is 18.4 Å². The number of hydrogen-bond acceptors (Lipinski definition) is 4. The number of para-hydroxylation sites is 1. The van der Waals surface area contributed by atoms with Gasteiger partial charge in [0.05, 0.1) is 10.8 Å². The Balaban J connectivity index is 1.93. The lowest BCUT2D eigenvalue weighted by Crippen LogP contribution is -2.42. The molecule has 1 aliphatic rings. The van der Waals surface area contributed by atoms with Crippen molar-refractivity contribution in [1.29, 1.82) is 0 Å². The molecule has 0 aromatic heterocycles. The SMILES string of the molecule is O=C1CCC(C(=O)NCc2ccccc2[N+](=O)[O-])CN1. The van der Waals surface area contributed by atoms with Crippen molar-refractivity contribution in [1.82, 2.24) is 10.6 Å². The molecular formula is C13H15N3O4. The van der Waals surface area contributed by atoms with Crippen LogP contribution in [0.3, 0.4) is 0 Å². The van der Waals surface area contributed by atoms with E-state index in [1.54, 1.807) is 18.2 Å². The average Bonchev–Trinajstić information content (AvgIpc) is 2.45. The second-order valence-corrected chi connectivity index (χ2v) is 4.64. The molecule has 1 aromatic carbocycles. The number of carbonyl (C=O) groups excluding carboxylic acids is 2. The van der Waals surface area contributed by atoms with Gasteiger partial charge in [-0.2, -0.15) is 0 Å². The molecular weight excluding hydrogens is 262 g/mol. The molecule has 1 heterocycles. The van der Waals surface area contributed by atoms with Crippen LogP contribution in [0.25, 0.3) is 0 Å². The third-order valence-corrected chi connectivity index (χ3v) is 3.28. The van der Waals surface area contributed by atoms with E-state index in [2.05, 4.69) is 10.6 Å². The fraction of sp³-hybridized carbons (Fsp3) is 0.385. The first-order valence-corrected chi connectivity index (χ1v) is 6.34. The van der Waals surface area contributed by atoms with Crippen LogP contribution in [-0.2, 0) is 16.1 Å². The van der Waals surface area contributed by atoms with Crippen molar-refractivity contribution in [3.05, 3.63) is 39.9 Å². The van der Waals surface area contributed by atoms with Gasteiger partial charge in [-0.25, -0.2) is 0 Å². The summed E-state index contributed by atoms with van der Waals surface area (Å²) in [5.41, 5.74) is 0.454. The summed E-state index contributed by atoms with van der Waals surface area (Å²) < 4.78 is 0. The maximum absolute atomic E-state index is 11.9. The zero-order chi connectivity index (χ0) is 14.5. The number of nitrogens with one attached hydrogen (secondary N) is 2. The standard InChI is InChI=1S/C13H15N3O4/c17-12-6-5-10(8-14-12)13(18)15-7-9-3-1-2-4-11(9)16(19)20/h1-4,10H,5-8H2,(H,14,17)(H,15,18). The van der Waals surface area contributed by atoms with Gasteiger partial charge in [-0.15, -0.1) is 0 Å². The molecule has 1 aliphatic heterocycles. The normalized spacial score (nSPS) is 18.2. The highest BCUT2D eigenvalue weighted by Gasteiger charge is 2.24. The molecule has 7 nitrogen and oxygen atoms in total. The van der Waals surface area contributed by atoms with E-state index < -0.39 is 4.92 Å². The summed E-state index contributed by atoms with van der Waals surface area (Å²) >= 11 is 0. The highest BCUT2D eigenvalue weighted by molar-refractivity contribution is 5.83. The van der Waals surface area contributed by atoms with E-state index in [9.17, 15) is 19.7 Å². The van der Waals surface area contributed by atoms with Crippen LogP contribution in [0.2, 0.25) is 0 Å². The molecule has 106 valence electrons. The van der Waals surface area contributed by atoms with Gasteiger partial charge >= 0.3 is 0 Å². The number of carbonyl (C=O) groups is 2. The quantitative estimate of drug-likeness (QED) is 0.626. The Kier molecular flexibility index (Phi) is 4.29. The number of benzene rings is 1. The van der Waals surface area contributed by atoms with Crippen LogP contribution in [0, 0.1) is 16.0 Å². The highest BCUT2D eigenvalue weighted by Crippen LogP contribution is 2.18. The van der Waals surface area contributed by atoms with Crippen LogP contribution in [-0.4, -0.2) is 23.3 Å². The second-order valence-electron chi connectivity index (χ2n) is 4.64.